The van der Waals surface area contributed by atoms with Gasteiger partial charge in [0.25, 0.3) is 5.91 Å². The number of carbonyl (C=O) groups excluding carboxylic acids is 1. The van der Waals surface area contributed by atoms with Gasteiger partial charge in [-0.25, -0.2) is 9.24 Å². The molecule has 5 N–H and O–H groups in total. The average Bonchev–Trinajstić information content (AvgIpc) is 3.57. The van der Waals surface area contributed by atoms with Gasteiger partial charge < -0.3 is 25.7 Å². The number of aryl methyl sites for hydroxylation is 1. The van der Waals surface area contributed by atoms with Crippen molar-refractivity contribution in [3.63, 3.8) is 0 Å². The van der Waals surface area contributed by atoms with Crippen LogP contribution < -0.4 is 16.0 Å². The smallest absolute Gasteiger partial charge is 0.380 e. The van der Waals surface area contributed by atoms with Crippen molar-refractivity contribution in [2.45, 2.75) is 64.2 Å². The van der Waals surface area contributed by atoms with Crippen LogP contribution in [0.25, 0.3) is 10.4 Å². The highest BCUT2D eigenvalue weighted by Crippen LogP contribution is 2.44. The standard InChI is InChI=1S/C29H37N4O4PS/c1-19-10-11-24(32-25-17-33(18-25)38(35,36)37)15-27(19)29(34)31-20(2)21-6-5-7-22(14-21)28-13-12-26(39-28)16-30-23-8-3-4-9-23/h5-7,10-15,20,23,25,30,32H,3-4,8-9,16-18H2,1-2H3,(H,31,34)(H2,35,36,37)/t20-/m1/s1. The van der Waals surface area contributed by atoms with Crippen LogP contribution >= 0.6 is 19.1 Å². The number of amides is 1. The molecule has 2 aromatic carbocycles. The number of carbonyl (C=O) groups is 1. The molecule has 10 heteroatoms. The Morgan fingerprint density at radius 3 is 2.59 bits per heavy atom. The molecule has 2 fully saturated rings. The van der Waals surface area contributed by atoms with Crippen LogP contribution in [0.5, 0.6) is 0 Å². The highest BCUT2D eigenvalue weighted by atomic mass is 32.1. The van der Waals surface area contributed by atoms with E-state index in [0.717, 1.165) is 33.6 Å². The zero-order valence-electron chi connectivity index (χ0n) is 22.4. The molecule has 0 spiro atoms. The summed E-state index contributed by atoms with van der Waals surface area (Å²) < 4.78 is 12.5. The minimum Gasteiger partial charge on any atom is -0.380 e. The highest BCUT2D eigenvalue weighted by molar-refractivity contribution is 7.49. The summed E-state index contributed by atoms with van der Waals surface area (Å²) in [6, 6.07) is 18.7. The predicted octanol–water partition coefficient (Wildman–Crippen LogP) is 5.44. The molecule has 1 saturated carbocycles. The molecule has 0 unspecified atom stereocenters. The number of hydrogen-bond donors (Lipinski definition) is 5. The third-order valence-electron chi connectivity index (χ3n) is 7.68. The quantitative estimate of drug-likeness (QED) is 0.207. The molecule has 1 atom stereocenters. The fourth-order valence-corrected chi connectivity index (χ4v) is 7.05. The summed E-state index contributed by atoms with van der Waals surface area (Å²) in [5.41, 5.74) is 4.39. The molecule has 1 amide bonds. The molecule has 1 aliphatic heterocycles. The van der Waals surface area contributed by atoms with Crippen LogP contribution in [0.1, 0.15) is 65.0 Å². The molecule has 2 heterocycles. The van der Waals surface area contributed by atoms with E-state index in [9.17, 15) is 19.1 Å². The van der Waals surface area contributed by atoms with Crippen molar-refractivity contribution in [1.82, 2.24) is 15.3 Å². The first-order chi connectivity index (χ1) is 18.7. The van der Waals surface area contributed by atoms with Crippen LogP contribution in [0, 0.1) is 6.92 Å². The van der Waals surface area contributed by atoms with Gasteiger partial charge >= 0.3 is 7.75 Å². The van der Waals surface area contributed by atoms with Crippen LogP contribution in [0.4, 0.5) is 5.69 Å². The van der Waals surface area contributed by atoms with Gasteiger partial charge in [-0.2, -0.15) is 0 Å². The third kappa shape index (κ3) is 6.98. The summed E-state index contributed by atoms with van der Waals surface area (Å²) >= 11 is 1.81. The first kappa shape index (κ1) is 28.0. The summed E-state index contributed by atoms with van der Waals surface area (Å²) in [6.45, 7) is 5.33. The lowest BCUT2D eigenvalue weighted by molar-refractivity contribution is 0.0939. The van der Waals surface area contributed by atoms with Crippen LogP contribution in [-0.4, -0.2) is 45.5 Å². The first-order valence-corrected chi connectivity index (χ1v) is 16.0. The molecule has 0 bridgehead atoms. The average molecular weight is 569 g/mol. The lowest BCUT2D eigenvalue weighted by atomic mass is 10.0. The van der Waals surface area contributed by atoms with Gasteiger partial charge in [0, 0.05) is 46.7 Å². The summed E-state index contributed by atoms with van der Waals surface area (Å²) in [7, 11) is -4.19. The zero-order chi connectivity index (χ0) is 27.6. The molecule has 0 radical (unpaired) electrons. The number of benzene rings is 2. The Bertz CT molecular complexity index is 1360. The van der Waals surface area contributed by atoms with Gasteiger partial charge in [0.05, 0.1) is 12.1 Å². The monoisotopic (exact) mass is 568 g/mol. The molecule has 1 saturated heterocycles. The number of rotatable bonds is 10. The Morgan fingerprint density at radius 2 is 1.85 bits per heavy atom. The van der Waals surface area contributed by atoms with Crippen LogP contribution in [0.3, 0.4) is 0 Å². The SMILES string of the molecule is Cc1ccc(NC2CN(P(=O)(O)O)C2)cc1C(=O)N[C@H](C)c1cccc(-c2ccc(CNC3CCCC3)s2)c1. The number of nitrogens with zero attached hydrogens (tertiary/aromatic N) is 1. The second-order valence-electron chi connectivity index (χ2n) is 10.7. The number of hydrogen-bond acceptors (Lipinski definition) is 5. The molecule has 8 nitrogen and oxygen atoms in total. The Hall–Kier alpha value is -2.52. The summed E-state index contributed by atoms with van der Waals surface area (Å²) in [5, 5.41) is 10.1. The highest BCUT2D eigenvalue weighted by Gasteiger charge is 2.37. The molecule has 39 heavy (non-hydrogen) atoms. The van der Waals surface area contributed by atoms with E-state index in [1.165, 1.54) is 35.4 Å². The van der Waals surface area contributed by atoms with Crippen molar-refractivity contribution >= 4 is 30.7 Å². The van der Waals surface area contributed by atoms with Gasteiger partial charge in [-0.1, -0.05) is 37.1 Å². The minimum absolute atomic E-state index is 0.0748. The van der Waals surface area contributed by atoms with Crippen molar-refractivity contribution in [2.75, 3.05) is 18.4 Å². The fraction of sp³-hybridized carbons (Fsp3) is 0.414. The van der Waals surface area contributed by atoms with Crippen LogP contribution in [0.15, 0.2) is 54.6 Å². The van der Waals surface area contributed by atoms with E-state index in [-0.39, 0.29) is 31.1 Å². The van der Waals surface area contributed by atoms with Crippen molar-refractivity contribution in [2.24, 2.45) is 0 Å². The molecule has 1 aromatic heterocycles. The predicted molar refractivity (Wildman–Crippen MR) is 157 cm³/mol. The maximum Gasteiger partial charge on any atom is 0.403 e. The normalized spacial score (nSPS) is 17.6. The van der Waals surface area contributed by atoms with Gasteiger partial charge in [0.1, 0.15) is 0 Å². The Kier molecular flexibility index (Phi) is 8.57. The second-order valence-corrected chi connectivity index (χ2v) is 13.5. The fourth-order valence-electron chi connectivity index (χ4n) is 5.27. The molecule has 2 aliphatic rings. The van der Waals surface area contributed by atoms with Crippen LogP contribution in [0.2, 0.25) is 0 Å². The van der Waals surface area contributed by atoms with Crippen molar-refractivity contribution in [3.05, 3.63) is 76.2 Å². The zero-order valence-corrected chi connectivity index (χ0v) is 24.1. The Balaban J connectivity index is 1.20. The van der Waals surface area contributed by atoms with Crippen molar-refractivity contribution < 1.29 is 19.1 Å². The molecule has 3 aromatic rings. The number of thiophene rings is 1. The summed E-state index contributed by atoms with van der Waals surface area (Å²) in [4.78, 5) is 34.3. The maximum atomic E-state index is 13.2. The van der Waals surface area contributed by atoms with Gasteiger partial charge in [0.15, 0.2) is 0 Å². The minimum atomic E-state index is -4.19. The topological polar surface area (TPSA) is 114 Å². The third-order valence-corrected chi connectivity index (χ3v) is 9.88. The van der Waals surface area contributed by atoms with E-state index >= 15 is 0 Å². The van der Waals surface area contributed by atoms with Gasteiger partial charge in [-0.15, -0.1) is 11.3 Å². The van der Waals surface area contributed by atoms with E-state index in [1.54, 1.807) is 6.07 Å². The van der Waals surface area contributed by atoms with Gasteiger partial charge in [-0.05, 0) is 73.7 Å². The molecular formula is C29H37N4O4PS. The van der Waals surface area contributed by atoms with Gasteiger partial charge in [-0.3, -0.25) is 4.79 Å². The Morgan fingerprint density at radius 1 is 1.08 bits per heavy atom. The largest absolute Gasteiger partial charge is 0.403 e. The second kappa shape index (κ2) is 11.9. The van der Waals surface area contributed by atoms with Crippen molar-refractivity contribution in [3.8, 4) is 10.4 Å². The van der Waals surface area contributed by atoms with E-state index in [2.05, 4.69) is 40.2 Å². The van der Waals surface area contributed by atoms with Gasteiger partial charge in [0.2, 0.25) is 0 Å². The lowest BCUT2D eigenvalue weighted by Gasteiger charge is -2.39. The molecule has 208 valence electrons. The van der Waals surface area contributed by atoms with E-state index in [0.29, 0.717) is 11.6 Å². The molecule has 5 rings (SSSR count). The summed E-state index contributed by atoms with van der Waals surface area (Å²) in [5.74, 6) is -0.157. The molecular weight excluding hydrogens is 531 g/mol. The first-order valence-electron chi connectivity index (χ1n) is 13.6. The van der Waals surface area contributed by atoms with E-state index < -0.39 is 7.75 Å². The molecule has 1 aliphatic carbocycles. The lowest BCUT2D eigenvalue weighted by Crippen LogP contribution is -2.52. The van der Waals surface area contributed by atoms with Crippen LogP contribution in [-0.2, 0) is 11.1 Å². The van der Waals surface area contributed by atoms with E-state index in [1.807, 2.05) is 49.4 Å². The summed E-state index contributed by atoms with van der Waals surface area (Å²) in [6.07, 6.45) is 5.22. The number of anilines is 1. The Labute approximate surface area is 234 Å². The van der Waals surface area contributed by atoms with E-state index in [4.69, 9.17) is 0 Å². The maximum absolute atomic E-state index is 13.2. The van der Waals surface area contributed by atoms with Crippen molar-refractivity contribution in [1.29, 1.82) is 0 Å². The number of nitrogens with one attached hydrogen (secondary N) is 3.